The lowest BCUT2D eigenvalue weighted by atomic mass is 10.2. The second kappa shape index (κ2) is 4.32. The predicted molar refractivity (Wildman–Crippen MR) is 65.4 cm³/mol. The summed E-state index contributed by atoms with van der Waals surface area (Å²) < 4.78 is 0. The number of rotatable bonds is 1. The minimum absolute atomic E-state index is 0.757. The summed E-state index contributed by atoms with van der Waals surface area (Å²) in [5, 5.41) is 0.757. The van der Waals surface area contributed by atoms with Crippen molar-refractivity contribution in [1.29, 1.82) is 0 Å². The van der Waals surface area contributed by atoms with Gasteiger partial charge in [0.1, 0.15) is 0 Å². The lowest BCUT2D eigenvalue weighted by molar-refractivity contribution is 0.860. The number of benzene rings is 1. The molecule has 1 heterocycles. The molecular formula is C10H13ClN2S. The van der Waals surface area contributed by atoms with Crippen LogP contribution in [0.5, 0.6) is 0 Å². The zero-order valence-electron chi connectivity index (χ0n) is 7.87. The summed E-state index contributed by atoms with van der Waals surface area (Å²) >= 11 is 7.94. The smallest absolute Gasteiger partial charge is 0.0615 e. The lowest BCUT2D eigenvalue weighted by Crippen LogP contribution is -2.32. The van der Waals surface area contributed by atoms with E-state index >= 15 is 0 Å². The topological polar surface area (TPSA) is 29.3 Å². The van der Waals surface area contributed by atoms with Gasteiger partial charge in [-0.2, -0.15) is 11.8 Å². The highest BCUT2D eigenvalue weighted by Crippen LogP contribution is 2.28. The Balaban J connectivity index is 2.24. The molecular weight excluding hydrogens is 216 g/mol. The van der Waals surface area contributed by atoms with Gasteiger partial charge < -0.3 is 10.6 Å². The Morgan fingerprint density at radius 3 is 2.71 bits per heavy atom. The van der Waals surface area contributed by atoms with Gasteiger partial charge in [-0.25, -0.2) is 0 Å². The van der Waals surface area contributed by atoms with Gasteiger partial charge in [0.2, 0.25) is 0 Å². The number of nitrogens with two attached hydrogens (primary N) is 1. The van der Waals surface area contributed by atoms with Crippen LogP contribution in [0, 0.1) is 0 Å². The largest absolute Gasteiger partial charge is 0.397 e. The molecule has 1 aliphatic rings. The maximum absolute atomic E-state index is 5.95. The Morgan fingerprint density at radius 2 is 2.00 bits per heavy atom. The van der Waals surface area contributed by atoms with Crippen molar-refractivity contribution in [3.05, 3.63) is 23.2 Å². The monoisotopic (exact) mass is 228 g/mol. The van der Waals surface area contributed by atoms with E-state index in [0.29, 0.717) is 0 Å². The summed E-state index contributed by atoms with van der Waals surface area (Å²) in [6.45, 7) is 2.13. The van der Waals surface area contributed by atoms with Gasteiger partial charge in [0.15, 0.2) is 0 Å². The second-order valence-electron chi connectivity index (χ2n) is 3.30. The van der Waals surface area contributed by atoms with Crippen molar-refractivity contribution in [2.24, 2.45) is 0 Å². The van der Waals surface area contributed by atoms with E-state index in [-0.39, 0.29) is 0 Å². The van der Waals surface area contributed by atoms with E-state index in [1.165, 1.54) is 11.5 Å². The molecule has 14 heavy (non-hydrogen) atoms. The van der Waals surface area contributed by atoms with Crippen LogP contribution in [0.15, 0.2) is 18.2 Å². The molecule has 0 bridgehead atoms. The van der Waals surface area contributed by atoms with E-state index in [4.69, 9.17) is 17.3 Å². The quantitative estimate of drug-likeness (QED) is 0.749. The first-order valence-electron chi connectivity index (χ1n) is 4.65. The minimum atomic E-state index is 0.757. The third-order valence-electron chi connectivity index (χ3n) is 2.34. The summed E-state index contributed by atoms with van der Waals surface area (Å²) in [7, 11) is 0. The van der Waals surface area contributed by atoms with Crippen LogP contribution in [0.25, 0.3) is 0 Å². The summed E-state index contributed by atoms with van der Waals surface area (Å²) in [4.78, 5) is 2.30. The van der Waals surface area contributed by atoms with Crippen molar-refractivity contribution in [3.8, 4) is 0 Å². The zero-order chi connectivity index (χ0) is 9.97. The molecule has 1 fully saturated rings. The van der Waals surface area contributed by atoms with Crippen LogP contribution in [-0.2, 0) is 0 Å². The van der Waals surface area contributed by atoms with Gasteiger partial charge in [-0.1, -0.05) is 11.6 Å². The van der Waals surface area contributed by atoms with Crippen LogP contribution in [-0.4, -0.2) is 24.6 Å². The van der Waals surface area contributed by atoms with Gasteiger partial charge in [-0.3, -0.25) is 0 Å². The van der Waals surface area contributed by atoms with Crippen molar-refractivity contribution in [2.75, 3.05) is 35.2 Å². The Kier molecular flexibility index (Phi) is 3.08. The fourth-order valence-corrected chi connectivity index (χ4v) is 2.66. The van der Waals surface area contributed by atoms with E-state index in [0.717, 1.165) is 29.5 Å². The predicted octanol–water partition coefficient (Wildman–Crippen LogP) is 2.48. The molecule has 2 N–H and O–H groups in total. The van der Waals surface area contributed by atoms with Crippen molar-refractivity contribution in [1.82, 2.24) is 0 Å². The van der Waals surface area contributed by atoms with Gasteiger partial charge in [0.05, 0.1) is 11.4 Å². The van der Waals surface area contributed by atoms with Gasteiger partial charge >= 0.3 is 0 Å². The molecule has 1 aromatic carbocycles. The number of hydrogen-bond acceptors (Lipinski definition) is 3. The summed E-state index contributed by atoms with van der Waals surface area (Å²) in [6, 6.07) is 5.66. The molecule has 0 atom stereocenters. The number of thioether (sulfide) groups is 1. The van der Waals surface area contributed by atoms with E-state index in [1.807, 2.05) is 30.0 Å². The standard InChI is InChI=1S/C10H13ClN2S/c11-8-1-2-9(12)10(7-8)13-3-5-14-6-4-13/h1-2,7H,3-6,12H2. The molecule has 1 saturated heterocycles. The average Bonchev–Trinajstić information content (AvgIpc) is 2.23. The Morgan fingerprint density at radius 1 is 1.29 bits per heavy atom. The van der Waals surface area contributed by atoms with Gasteiger partial charge in [-0.15, -0.1) is 0 Å². The molecule has 1 aliphatic heterocycles. The van der Waals surface area contributed by atoms with Crippen molar-refractivity contribution in [2.45, 2.75) is 0 Å². The lowest BCUT2D eigenvalue weighted by Gasteiger charge is -2.29. The average molecular weight is 229 g/mol. The Labute approximate surface area is 93.4 Å². The molecule has 0 aromatic heterocycles. The molecule has 0 amide bonds. The Hall–Kier alpha value is -0.540. The first-order chi connectivity index (χ1) is 6.77. The molecule has 0 aliphatic carbocycles. The number of nitrogen functional groups attached to an aromatic ring is 1. The number of anilines is 2. The molecule has 76 valence electrons. The summed E-state index contributed by atoms with van der Waals surface area (Å²) in [6.07, 6.45) is 0. The van der Waals surface area contributed by atoms with Crippen LogP contribution in [0.1, 0.15) is 0 Å². The summed E-state index contributed by atoms with van der Waals surface area (Å²) in [5.74, 6) is 2.35. The van der Waals surface area contributed by atoms with Crippen LogP contribution in [0.3, 0.4) is 0 Å². The second-order valence-corrected chi connectivity index (χ2v) is 4.96. The minimum Gasteiger partial charge on any atom is -0.397 e. The third-order valence-corrected chi connectivity index (χ3v) is 3.52. The van der Waals surface area contributed by atoms with Crippen molar-refractivity contribution >= 4 is 34.7 Å². The summed E-state index contributed by atoms with van der Waals surface area (Å²) in [5.41, 5.74) is 7.82. The number of hydrogen-bond donors (Lipinski definition) is 1. The number of nitrogens with zero attached hydrogens (tertiary/aromatic N) is 1. The molecule has 0 spiro atoms. The maximum atomic E-state index is 5.95. The maximum Gasteiger partial charge on any atom is 0.0615 e. The van der Waals surface area contributed by atoms with Gasteiger partial charge in [0.25, 0.3) is 0 Å². The fraction of sp³-hybridized carbons (Fsp3) is 0.400. The molecule has 2 rings (SSSR count). The molecule has 0 radical (unpaired) electrons. The van der Waals surface area contributed by atoms with Crippen LogP contribution < -0.4 is 10.6 Å². The van der Waals surface area contributed by atoms with E-state index in [1.54, 1.807) is 0 Å². The van der Waals surface area contributed by atoms with E-state index in [2.05, 4.69) is 4.90 Å². The van der Waals surface area contributed by atoms with Gasteiger partial charge in [0, 0.05) is 29.6 Å². The number of halogens is 1. The fourth-order valence-electron chi connectivity index (χ4n) is 1.59. The zero-order valence-corrected chi connectivity index (χ0v) is 9.44. The molecule has 4 heteroatoms. The highest BCUT2D eigenvalue weighted by atomic mass is 35.5. The SMILES string of the molecule is Nc1ccc(Cl)cc1N1CCSCC1. The highest BCUT2D eigenvalue weighted by Gasteiger charge is 2.13. The van der Waals surface area contributed by atoms with Crippen LogP contribution >= 0.6 is 23.4 Å². The normalized spacial score (nSPS) is 17.1. The van der Waals surface area contributed by atoms with Crippen molar-refractivity contribution in [3.63, 3.8) is 0 Å². The first-order valence-corrected chi connectivity index (χ1v) is 6.18. The van der Waals surface area contributed by atoms with Crippen LogP contribution in [0.4, 0.5) is 11.4 Å². The molecule has 0 unspecified atom stereocenters. The Bertz CT molecular complexity index is 324. The van der Waals surface area contributed by atoms with Crippen molar-refractivity contribution < 1.29 is 0 Å². The van der Waals surface area contributed by atoms with E-state index < -0.39 is 0 Å². The molecule has 0 saturated carbocycles. The third kappa shape index (κ3) is 2.10. The highest BCUT2D eigenvalue weighted by molar-refractivity contribution is 7.99. The first kappa shape index (κ1) is 9.99. The van der Waals surface area contributed by atoms with Crippen LogP contribution in [0.2, 0.25) is 5.02 Å². The molecule has 1 aromatic rings. The van der Waals surface area contributed by atoms with E-state index in [9.17, 15) is 0 Å². The molecule has 2 nitrogen and oxygen atoms in total. The van der Waals surface area contributed by atoms with Gasteiger partial charge in [-0.05, 0) is 18.2 Å².